The second-order valence-corrected chi connectivity index (χ2v) is 5.51. The summed E-state index contributed by atoms with van der Waals surface area (Å²) in [6.07, 6.45) is 6.24. The second-order valence-electron chi connectivity index (χ2n) is 5.51. The van der Waals surface area contributed by atoms with E-state index in [0.717, 1.165) is 39.0 Å². The molecule has 0 aliphatic carbocycles. The fourth-order valence-corrected chi connectivity index (χ4v) is 2.74. The first kappa shape index (κ1) is 14.8. The van der Waals surface area contributed by atoms with E-state index >= 15 is 0 Å². The molecule has 110 valence electrons. The van der Waals surface area contributed by atoms with Crippen molar-refractivity contribution in [2.24, 2.45) is 0 Å². The van der Waals surface area contributed by atoms with Crippen LogP contribution >= 0.6 is 0 Å². The zero-order valence-corrected chi connectivity index (χ0v) is 11.8. The van der Waals surface area contributed by atoms with Gasteiger partial charge in [0.25, 0.3) is 0 Å². The molecule has 2 aliphatic rings. The van der Waals surface area contributed by atoms with Crippen LogP contribution in [-0.2, 0) is 9.53 Å². The predicted octanol–water partition coefficient (Wildman–Crippen LogP) is 0.357. The van der Waals surface area contributed by atoms with Crippen LogP contribution < -0.4 is 10.6 Å². The Morgan fingerprint density at radius 2 is 1.95 bits per heavy atom. The summed E-state index contributed by atoms with van der Waals surface area (Å²) in [6.45, 7) is 6.30. The van der Waals surface area contributed by atoms with E-state index in [9.17, 15) is 4.79 Å². The van der Waals surface area contributed by atoms with Crippen LogP contribution in [0, 0.1) is 0 Å². The van der Waals surface area contributed by atoms with Gasteiger partial charge in [0.1, 0.15) is 6.61 Å². The summed E-state index contributed by atoms with van der Waals surface area (Å²) in [6, 6.07) is 0. The molecule has 0 aromatic heterocycles. The molecule has 0 unspecified atom stereocenters. The van der Waals surface area contributed by atoms with Crippen LogP contribution in [0.2, 0.25) is 0 Å². The maximum absolute atomic E-state index is 11.7. The number of amides is 1. The Morgan fingerprint density at radius 3 is 2.68 bits per heavy atom. The van der Waals surface area contributed by atoms with Crippen LogP contribution in [0.5, 0.6) is 0 Å². The van der Waals surface area contributed by atoms with Crippen LogP contribution in [0.15, 0.2) is 0 Å². The molecule has 5 nitrogen and oxygen atoms in total. The molecule has 0 saturated carbocycles. The minimum absolute atomic E-state index is 0.0237. The van der Waals surface area contributed by atoms with Gasteiger partial charge in [-0.1, -0.05) is 6.42 Å². The van der Waals surface area contributed by atoms with Crippen LogP contribution in [-0.4, -0.2) is 62.8 Å². The lowest BCUT2D eigenvalue weighted by Gasteiger charge is -2.26. The Hall–Kier alpha value is -0.650. The van der Waals surface area contributed by atoms with Crippen molar-refractivity contribution in [1.29, 1.82) is 0 Å². The number of nitrogens with zero attached hydrogens (tertiary/aromatic N) is 1. The third kappa shape index (κ3) is 5.89. The molecule has 2 heterocycles. The average Bonchev–Trinajstić information content (AvgIpc) is 2.47. The maximum Gasteiger partial charge on any atom is 0.246 e. The van der Waals surface area contributed by atoms with Gasteiger partial charge in [-0.05, 0) is 51.9 Å². The Balaban J connectivity index is 1.49. The third-order valence-corrected chi connectivity index (χ3v) is 3.94. The second kappa shape index (κ2) is 8.51. The lowest BCUT2D eigenvalue weighted by molar-refractivity contribution is -0.128. The van der Waals surface area contributed by atoms with Crippen LogP contribution in [0.25, 0.3) is 0 Å². The molecule has 19 heavy (non-hydrogen) atoms. The number of rotatable bonds is 6. The normalized spacial score (nSPS) is 22.3. The van der Waals surface area contributed by atoms with Crippen LogP contribution in [0.1, 0.15) is 32.1 Å². The van der Waals surface area contributed by atoms with Gasteiger partial charge >= 0.3 is 0 Å². The van der Waals surface area contributed by atoms with E-state index in [1.165, 1.54) is 32.4 Å². The minimum Gasteiger partial charge on any atom is -0.368 e. The summed E-state index contributed by atoms with van der Waals surface area (Å²) in [4.78, 5) is 14.1. The van der Waals surface area contributed by atoms with Crippen molar-refractivity contribution >= 4 is 5.91 Å². The van der Waals surface area contributed by atoms with Crippen LogP contribution in [0.3, 0.4) is 0 Å². The van der Waals surface area contributed by atoms with Crippen molar-refractivity contribution in [2.45, 2.75) is 38.2 Å². The van der Waals surface area contributed by atoms with Crippen molar-refractivity contribution in [1.82, 2.24) is 15.5 Å². The van der Waals surface area contributed by atoms with Gasteiger partial charge in [-0.15, -0.1) is 0 Å². The van der Waals surface area contributed by atoms with Gasteiger partial charge < -0.3 is 20.3 Å². The Kier molecular flexibility index (Phi) is 6.61. The SMILES string of the molecule is O=C(COC1CCNCC1)NCCN1CCCCC1. The van der Waals surface area contributed by atoms with Gasteiger partial charge in [-0.3, -0.25) is 4.79 Å². The van der Waals surface area contributed by atoms with Gasteiger partial charge in [0.2, 0.25) is 5.91 Å². The molecule has 2 rings (SSSR count). The molecule has 2 saturated heterocycles. The van der Waals surface area contributed by atoms with Crippen molar-refractivity contribution in [3.8, 4) is 0 Å². The largest absolute Gasteiger partial charge is 0.368 e. The summed E-state index contributed by atoms with van der Waals surface area (Å²) in [5, 5.41) is 6.24. The minimum atomic E-state index is 0.0237. The van der Waals surface area contributed by atoms with Crippen LogP contribution in [0.4, 0.5) is 0 Å². The molecule has 0 atom stereocenters. The standard InChI is InChI=1S/C14H27N3O2/c18-14(12-19-13-4-6-15-7-5-13)16-8-11-17-9-2-1-3-10-17/h13,15H,1-12H2,(H,16,18). The van der Waals surface area contributed by atoms with Crippen molar-refractivity contribution in [3.63, 3.8) is 0 Å². The predicted molar refractivity (Wildman–Crippen MR) is 75.1 cm³/mol. The molecule has 0 spiro atoms. The number of hydrogen-bond donors (Lipinski definition) is 2. The van der Waals surface area contributed by atoms with Crippen molar-refractivity contribution in [3.05, 3.63) is 0 Å². The quantitative estimate of drug-likeness (QED) is 0.731. The smallest absolute Gasteiger partial charge is 0.246 e. The van der Waals surface area contributed by atoms with Gasteiger partial charge in [0.05, 0.1) is 6.10 Å². The van der Waals surface area contributed by atoms with E-state index in [2.05, 4.69) is 15.5 Å². The zero-order chi connectivity index (χ0) is 13.3. The van der Waals surface area contributed by atoms with Gasteiger partial charge in [-0.2, -0.15) is 0 Å². The fraction of sp³-hybridized carbons (Fsp3) is 0.929. The van der Waals surface area contributed by atoms with E-state index in [0.29, 0.717) is 0 Å². The molecule has 1 amide bonds. The summed E-state index contributed by atoms with van der Waals surface area (Å²) in [5.41, 5.74) is 0. The third-order valence-electron chi connectivity index (χ3n) is 3.94. The van der Waals surface area contributed by atoms with Gasteiger partial charge in [0, 0.05) is 13.1 Å². The first-order valence-electron chi connectivity index (χ1n) is 7.66. The van der Waals surface area contributed by atoms with E-state index in [1.807, 2.05) is 0 Å². The highest BCUT2D eigenvalue weighted by molar-refractivity contribution is 5.77. The van der Waals surface area contributed by atoms with Crippen molar-refractivity contribution < 1.29 is 9.53 Å². The Bertz CT molecular complexity index is 261. The van der Waals surface area contributed by atoms with Gasteiger partial charge in [-0.25, -0.2) is 0 Å². The molecular weight excluding hydrogens is 242 g/mol. The number of hydrogen-bond acceptors (Lipinski definition) is 4. The fourth-order valence-electron chi connectivity index (χ4n) is 2.74. The van der Waals surface area contributed by atoms with Gasteiger partial charge in [0.15, 0.2) is 0 Å². The monoisotopic (exact) mass is 269 g/mol. The first-order chi connectivity index (χ1) is 9.34. The molecule has 5 heteroatoms. The molecule has 2 fully saturated rings. The molecule has 2 N–H and O–H groups in total. The molecule has 0 aromatic carbocycles. The lowest BCUT2D eigenvalue weighted by Crippen LogP contribution is -2.40. The topological polar surface area (TPSA) is 53.6 Å². The molecule has 0 radical (unpaired) electrons. The number of carbonyl (C=O) groups excluding carboxylic acids is 1. The van der Waals surface area contributed by atoms with E-state index in [4.69, 9.17) is 4.74 Å². The Morgan fingerprint density at radius 1 is 1.21 bits per heavy atom. The highest BCUT2D eigenvalue weighted by atomic mass is 16.5. The number of carbonyl (C=O) groups is 1. The number of ether oxygens (including phenoxy) is 1. The number of likely N-dealkylation sites (tertiary alicyclic amines) is 1. The average molecular weight is 269 g/mol. The summed E-state index contributed by atoms with van der Waals surface area (Å²) < 4.78 is 5.62. The maximum atomic E-state index is 11.7. The molecule has 2 aliphatic heterocycles. The lowest BCUT2D eigenvalue weighted by atomic mass is 10.1. The van der Waals surface area contributed by atoms with Crippen molar-refractivity contribution in [2.75, 3.05) is 45.9 Å². The molecular formula is C14H27N3O2. The number of nitrogens with one attached hydrogen (secondary N) is 2. The van der Waals surface area contributed by atoms with E-state index < -0.39 is 0 Å². The molecule has 0 bridgehead atoms. The first-order valence-corrected chi connectivity index (χ1v) is 7.66. The highest BCUT2D eigenvalue weighted by Crippen LogP contribution is 2.07. The van der Waals surface area contributed by atoms with E-state index in [1.54, 1.807) is 0 Å². The summed E-state index contributed by atoms with van der Waals surface area (Å²) in [5.74, 6) is 0.0237. The highest BCUT2D eigenvalue weighted by Gasteiger charge is 2.15. The Labute approximate surface area is 116 Å². The number of piperidine rings is 2. The molecule has 0 aromatic rings. The summed E-state index contributed by atoms with van der Waals surface area (Å²) >= 11 is 0. The summed E-state index contributed by atoms with van der Waals surface area (Å²) in [7, 11) is 0. The zero-order valence-electron chi connectivity index (χ0n) is 11.8. The van der Waals surface area contributed by atoms with E-state index in [-0.39, 0.29) is 18.6 Å².